The zero-order valence-corrected chi connectivity index (χ0v) is 26.7. The van der Waals surface area contributed by atoms with Crippen molar-refractivity contribution in [2.24, 2.45) is 5.92 Å². The normalized spacial score (nSPS) is 24.0. The molecule has 9 nitrogen and oxygen atoms in total. The van der Waals surface area contributed by atoms with Crippen LogP contribution in [0.2, 0.25) is 0 Å². The number of hydrogen-bond donors (Lipinski definition) is 3. The number of benzene rings is 1. The average Bonchev–Trinajstić information content (AvgIpc) is 3.57. The van der Waals surface area contributed by atoms with Gasteiger partial charge in [-0.25, -0.2) is 0 Å². The van der Waals surface area contributed by atoms with Gasteiger partial charge >= 0.3 is 0 Å². The first-order chi connectivity index (χ1) is 21.4. The number of piperidine rings is 1. The number of carbonyl (C=O) groups excluding carboxylic acids is 3. The second-order valence-corrected chi connectivity index (χ2v) is 13.6. The number of aliphatic hydroxyl groups excluding tert-OH is 1. The molecule has 2 heterocycles. The van der Waals surface area contributed by atoms with Gasteiger partial charge in [-0.2, -0.15) is 0 Å². The molecule has 0 aromatic heterocycles. The summed E-state index contributed by atoms with van der Waals surface area (Å²) >= 11 is 0. The van der Waals surface area contributed by atoms with Gasteiger partial charge < -0.3 is 30.3 Å². The third kappa shape index (κ3) is 7.76. The number of ether oxygens (including phenoxy) is 1. The lowest BCUT2D eigenvalue weighted by atomic mass is 9.78. The molecule has 5 rings (SSSR count). The van der Waals surface area contributed by atoms with Gasteiger partial charge in [0.2, 0.25) is 11.8 Å². The summed E-state index contributed by atoms with van der Waals surface area (Å²) in [6.45, 7) is 5.74. The summed E-state index contributed by atoms with van der Waals surface area (Å²) in [6.07, 6.45) is 13.8. The molecule has 2 aliphatic heterocycles. The molecule has 2 saturated heterocycles. The summed E-state index contributed by atoms with van der Waals surface area (Å²) in [5, 5.41) is 17.3. The molecule has 3 amide bonds. The average molecular weight is 611 g/mol. The summed E-state index contributed by atoms with van der Waals surface area (Å²) in [5.41, 5.74) is -0.140. The largest absolute Gasteiger partial charge is 0.494 e. The second kappa shape index (κ2) is 15.6. The van der Waals surface area contributed by atoms with Crippen LogP contribution in [-0.4, -0.2) is 89.1 Å². The van der Waals surface area contributed by atoms with Crippen LogP contribution in [0.25, 0.3) is 0 Å². The molecule has 2 saturated carbocycles. The van der Waals surface area contributed by atoms with E-state index in [9.17, 15) is 19.5 Å². The van der Waals surface area contributed by atoms with Crippen molar-refractivity contribution in [1.29, 1.82) is 0 Å². The van der Waals surface area contributed by atoms with Gasteiger partial charge in [0.15, 0.2) is 0 Å². The molecule has 1 aromatic carbocycles. The van der Waals surface area contributed by atoms with Crippen LogP contribution in [0.15, 0.2) is 24.3 Å². The lowest BCUT2D eigenvalue weighted by molar-refractivity contribution is -0.165. The molecular formula is C35H54N4O5. The number of likely N-dealkylation sites (tertiary alicyclic amines) is 1. The summed E-state index contributed by atoms with van der Waals surface area (Å²) in [5.74, 6) is 0.673. The van der Waals surface area contributed by atoms with E-state index in [4.69, 9.17) is 4.74 Å². The van der Waals surface area contributed by atoms with E-state index in [2.05, 4.69) is 22.5 Å². The Hall–Kier alpha value is -2.65. The maximum absolute atomic E-state index is 13.8. The first-order valence-electron chi connectivity index (χ1n) is 17.5. The maximum Gasteiger partial charge on any atom is 0.251 e. The Morgan fingerprint density at radius 1 is 0.977 bits per heavy atom. The molecular weight excluding hydrogens is 556 g/mol. The van der Waals surface area contributed by atoms with Gasteiger partial charge in [0.05, 0.1) is 12.7 Å². The number of amides is 3. The topological polar surface area (TPSA) is 111 Å². The summed E-state index contributed by atoms with van der Waals surface area (Å²) < 4.78 is 5.94. The van der Waals surface area contributed by atoms with E-state index < -0.39 is 17.7 Å². The van der Waals surface area contributed by atoms with Gasteiger partial charge in [-0.1, -0.05) is 45.4 Å². The van der Waals surface area contributed by atoms with Crippen molar-refractivity contribution in [2.75, 3.05) is 32.8 Å². The number of carbonyl (C=O) groups is 3. The quantitative estimate of drug-likeness (QED) is 0.285. The molecule has 0 radical (unpaired) electrons. The van der Waals surface area contributed by atoms with E-state index in [0.29, 0.717) is 37.6 Å². The first kappa shape index (κ1) is 32.7. The Balaban J connectivity index is 1.05. The fourth-order valence-electron chi connectivity index (χ4n) is 7.77. The van der Waals surface area contributed by atoms with Crippen molar-refractivity contribution in [1.82, 2.24) is 20.4 Å². The Labute approximate surface area is 263 Å². The van der Waals surface area contributed by atoms with Crippen LogP contribution in [-0.2, 0) is 9.59 Å². The second-order valence-electron chi connectivity index (χ2n) is 13.6. The van der Waals surface area contributed by atoms with E-state index in [-0.39, 0.29) is 23.6 Å². The molecule has 4 fully saturated rings. The van der Waals surface area contributed by atoms with Gasteiger partial charge in [0.1, 0.15) is 17.3 Å². The van der Waals surface area contributed by atoms with Crippen LogP contribution in [0.3, 0.4) is 0 Å². The number of aliphatic hydroxyl groups is 1. The lowest BCUT2D eigenvalue weighted by Crippen LogP contribution is -2.75. The Morgan fingerprint density at radius 3 is 2.34 bits per heavy atom. The Kier molecular flexibility index (Phi) is 11.6. The van der Waals surface area contributed by atoms with E-state index in [0.717, 1.165) is 89.6 Å². The highest BCUT2D eigenvalue weighted by Gasteiger charge is 2.55. The van der Waals surface area contributed by atoms with Crippen LogP contribution in [0.4, 0.5) is 0 Å². The molecule has 0 bridgehead atoms. The zero-order chi connectivity index (χ0) is 30.9. The van der Waals surface area contributed by atoms with E-state index >= 15 is 0 Å². The fraction of sp³-hybridized carbons (Fsp3) is 0.743. The molecule has 2 atom stereocenters. The number of rotatable bonds is 13. The van der Waals surface area contributed by atoms with Gasteiger partial charge in [-0.3, -0.25) is 14.4 Å². The fourth-order valence-corrected chi connectivity index (χ4v) is 7.77. The molecule has 0 unspecified atom stereocenters. The van der Waals surface area contributed by atoms with E-state index in [1.807, 2.05) is 29.2 Å². The molecule has 4 aliphatic rings. The highest BCUT2D eigenvalue weighted by atomic mass is 16.5. The lowest BCUT2D eigenvalue weighted by Gasteiger charge is -2.52. The molecule has 1 spiro atoms. The van der Waals surface area contributed by atoms with Crippen molar-refractivity contribution < 1.29 is 24.2 Å². The van der Waals surface area contributed by atoms with Gasteiger partial charge in [-0.15, -0.1) is 0 Å². The number of hydrogen-bond acceptors (Lipinski definition) is 6. The number of nitrogens with zero attached hydrogens (tertiary/aromatic N) is 2. The minimum absolute atomic E-state index is 0.00725. The van der Waals surface area contributed by atoms with Gasteiger partial charge in [0.25, 0.3) is 5.91 Å². The third-order valence-electron chi connectivity index (χ3n) is 10.6. The smallest absolute Gasteiger partial charge is 0.251 e. The van der Waals surface area contributed by atoms with Crippen molar-refractivity contribution in [3.05, 3.63) is 29.8 Å². The Morgan fingerprint density at radius 2 is 1.66 bits per heavy atom. The SMILES string of the molecule is CCCCN1C(=O)[C@@H]([C@H](O)C2CCCCC2)NC(=O)C12CCN(CCCCOc1ccc(C(=O)NC3CCCC3)cc1)CC2. The zero-order valence-electron chi connectivity index (χ0n) is 26.7. The van der Waals surface area contributed by atoms with Crippen LogP contribution in [0.5, 0.6) is 5.75 Å². The Bertz CT molecular complexity index is 1090. The van der Waals surface area contributed by atoms with Gasteiger partial charge in [-0.05, 0) is 94.5 Å². The van der Waals surface area contributed by atoms with Crippen molar-refractivity contribution >= 4 is 17.7 Å². The number of unbranched alkanes of at least 4 members (excludes halogenated alkanes) is 2. The minimum Gasteiger partial charge on any atom is -0.494 e. The summed E-state index contributed by atoms with van der Waals surface area (Å²) in [4.78, 5) is 44.2. The van der Waals surface area contributed by atoms with Crippen LogP contribution in [0.1, 0.15) is 114 Å². The third-order valence-corrected chi connectivity index (χ3v) is 10.6. The van der Waals surface area contributed by atoms with Crippen molar-refractivity contribution in [2.45, 2.75) is 127 Å². The van der Waals surface area contributed by atoms with Crippen LogP contribution >= 0.6 is 0 Å². The molecule has 244 valence electrons. The van der Waals surface area contributed by atoms with E-state index in [1.54, 1.807) is 0 Å². The van der Waals surface area contributed by atoms with Crippen LogP contribution < -0.4 is 15.4 Å². The standard InChI is InChI=1S/C35H54N4O5/c1-2-3-22-39-33(42)30(31(40)26-11-5-4-6-12-26)37-34(43)35(39)19-23-38(24-20-35)21-9-10-25-44-29-17-15-27(16-18-29)32(41)36-28-13-7-8-14-28/h15-18,26,28,30-31,40H,2-14,19-25H2,1H3,(H,36,41)(H,37,43)/t30-,31-/m1/s1. The van der Waals surface area contributed by atoms with E-state index in [1.165, 1.54) is 19.3 Å². The monoisotopic (exact) mass is 610 g/mol. The van der Waals surface area contributed by atoms with Crippen LogP contribution in [0, 0.1) is 5.92 Å². The highest BCUT2D eigenvalue weighted by molar-refractivity contribution is 6.00. The van der Waals surface area contributed by atoms with Crippen molar-refractivity contribution in [3.63, 3.8) is 0 Å². The number of nitrogens with one attached hydrogen (secondary N) is 2. The predicted molar refractivity (Wildman–Crippen MR) is 170 cm³/mol. The molecule has 2 aliphatic carbocycles. The first-order valence-corrected chi connectivity index (χ1v) is 17.5. The number of piperazine rings is 1. The van der Waals surface area contributed by atoms with Gasteiger partial charge in [0, 0.05) is 31.2 Å². The molecule has 3 N–H and O–H groups in total. The van der Waals surface area contributed by atoms with Crippen molar-refractivity contribution in [3.8, 4) is 5.75 Å². The molecule has 1 aromatic rings. The molecule has 9 heteroatoms. The maximum atomic E-state index is 13.8. The summed E-state index contributed by atoms with van der Waals surface area (Å²) in [6, 6.07) is 6.89. The summed E-state index contributed by atoms with van der Waals surface area (Å²) in [7, 11) is 0. The molecule has 44 heavy (non-hydrogen) atoms. The minimum atomic E-state index is -0.823. The highest BCUT2D eigenvalue weighted by Crippen LogP contribution is 2.36. The predicted octanol–water partition coefficient (Wildman–Crippen LogP) is 4.42.